The summed E-state index contributed by atoms with van der Waals surface area (Å²) in [6, 6.07) is 17.3. The summed E-state index contributed by atoms with van der Waals surface area (Å²) in [5, 5.41) is 0. The van der Waals surface area contributed by atoms with Crippen molar-refractivity contribution in [3.63, 3.8) is 0 Å². The number of thioether (sulfide) groups is 1. The van der Waals surface area contributed by atoms with E-state index in [1.807, 2.05) is 54.6 Å². The summed E-state index contributed by atoms with van der Waals surface area (Å²) < 4.78 is 0. The van der Waals surface area contributed by atoms with E-state index in [1.165, 1.54) is 11.8 Å². The van der Waals surface area contributed by atoms with E-state index in [9.17, 15) is 4.79 Å². The molecule has 2 aromatic carbocycles. The van der Waals surface area contributed by atoms with Gasteiger partial charge in [0.15, 0.2) is 0 Å². The van der Waals surface area contributed by atoms with Crippen LogP contribution in [0.1, 0.15) is 15.9 Å². The summed E-state index contributed by atoms with van der Waals surface area (Å²) in [4.78, 5) is 13.9. The van der Waals surface area contributed by atoms with E-state index in [1.54, 1.807) is 0 Å². The van der Waals surface area contributed by atoms with Crippen molar-refractivity contribution in [1.82, 2.24) is 0 Å². The molecule has 0 spiro atoms. The van der Waals surface area contributed by atoms with E-state index in [-0.39, 0.29) is 5.78 Å². The van der Waals surface area contributed by atoms with Gasteiger partial charge in [0.05, 0.1) is 10.6 Å². The molecule has 3 heteroatoms. The van der Waals surface area contributed by atoms with Crippen LogP contribution in [-0.2, 0) is 0 Å². The average molecular weight is 253 g/mol. The summed E-state index contributed by atoms with van der Waals surface area (Å²) in [7, 11) is 0. The number of Topliss-reactive ketones (excluding diaryl/α,β-unsaturated/α-hetero) is 1. The van der Waals surface area contributed by atoms with Gasteiger partial charge in [-0.05, 0) is 12.1 Å². The maximum Gasteiger partial charge on any atom is 0.202 e. The molecule has 1 aliphatic carbocycles. The Bertz CT molecular complexity index is 647. The highest BCUT2D eigenvalue weighted by atomic mass is 32.2. The molecule has 0 atom stereocenters. The second-order valence-electron chi connectivity index (χ2n) is 4.03. The van der Waals surface area contributed by atoms with Gasteiger partial charge >= 0.3 is 0 Å². The highest BCUT2D eigenvalue weighted by Gasteiger charge is 2.28. The summed E-state index contributed by atoms with van der Waals surface area (Å²) >= 11 is 1.43. The van der Waals surface area contributed by atoms with Crippen molar-refractivity contribution in [2.24, 2.45) is 5.73 Å². The normalized spacial score (nSPS) is 13.9. The molecule has 0 fully saturated rings. The van der Waals surface area contributed by atoms with Gasteiger partial charge in [-0.1, -0.05) is 54.2 Å². The number of hydrogen-bond donors (Lipinski definition) is 1. The lowest BCUT2D eigenvalue weighted by Gasteiger charge is -2.02. The third-order valence-electron chi connectivity index (χ3n) is 2.88. The van der Waals surface area contributed by atoms with Gasteiger partial charge in [0.25, 0.3) is 0 Å². The molecule has 0 aliphatic heterocycles. The van der Waals surface area contributed by atoms with E-state index in [2.05, 4.69) is 0 Å². The van der Waals surface area contributed by atoms with Crippen molar-refractivity contribution in [2.75, 3.05) is 0 Å². The minimum absolute atomic E-state index is 0.0250. The Morgan fingerprint density at radius 3 is 2.11 bits per heavy atom. The maximum atomic E-state index is 12.3. The fourth-order valence-corrected chi connectivity index (χ4v) is 2.94. The van der Waals surface area contributed by atoms with E-state index in [0.717, 1.165) is 10.5 Å². The van der Waals surface area contributed by atoms with Gasteiger partial charge in [0.1, 0.15) is 0 Å². The van der Waals surface area contributed by atoms with Crippen LogP contribution in [0, 0.1) is 0 Å². The van der Waals surface area contributed by atoms with Gasteiger partial charge in [0.2, 0.25) is 5.78 Å². The Kier molecular flexibility index (Phi) is 2.68. The number of carbonyl (C=O) groups is 1. The van der Waals surface area contributed by atoms with Gasteiger partial charge < -0.3 is 5.73 Å². The molecule has 0 saturated heterocycles. The predicted octanol–water partition coefficient (Wildman–Crippen LogP) is 3.30. The van der Waals surface area contributed by atoms with Crippen LogP contribution < -0.4 is 5.73 Å². The largest absolute Gasteiger partial charge is 0.397 e. The molecule has 1 aliphatic rings. The minimum atomic E-state index is 0.0250. The first kappa shape index (κ1) is 11.1. The molecule has 0 heterocycles. The average Bonchev–Trinajstić information content (AvgIpc) is 2.66. The quantitative estimate of drug-likeness (QED) is 0.893. The second kappa shape index (κ2) is 4.35. The molecule has 2 N–H and O–H groups in total. The van der Waals surface area contributed by atoms with Crippen molar-refractivity contribution >= 4 is 23.2 Å². The first-order valence-corrected chi connectivity index (χ1v) is 6.46. The lowest BCUT2D eigenvalue weighted by atomic mass is 10.1. The highest BCUT2D eigenvalue weighted by molar-refractivity contribution is 8.04. The molecule has 0 amide bonds. The topological polar surface area (TPSA) is 43.1 Å². The number of ketones is 1. The maximum absolute atomic E-state index is 12.3. The molecule has 0 aromatic heterocycles. The molecular weight excluding hydrogens is 242 g/mol. The Morgan fingerprint density at radius 2 is 1.44 bits per heavy atom. The van der Waals surface area contributed by atoms with Crippen LogP contribution >= 0.6 is 11.8 Å². The molecule has 0 unspecified atom stereocenters. The molecule has 0 bridgehead atoms. The Balaban J connectivity index is 2.00. The predicted molar refractivity (Wildman–Crippen MR) is 74.2 cm³/mol. The fourth-order valence-electron chi connectivity index (χ4n) is 1.99. The molecule has 18 heavy (non-hydrogen) atoms. The zero-order valence-corrected chi connectivity index (χ0v) is 10.4. The Labute approximate surface area is 110 Å². The number of rotatable bonds is 2. The van der Waals surface area contributed by atoms with E-state index < -0.39 is 0 Å². The van der Waals surface area contributed by atoms with Gasteiger partial charge in [0, 0.05) is 16.0 Å². The van der Waals surface area contributed by atoms with Crippen LogP contribution in [0.15, 0.2) is 64.4 Å². The molecule has 88 valence electrons. The molecule has 0 radical (unpaired) electrons. The molecule has 2 nitrogen and oxygen atoms in total. The first-order valence-electron chi connectivity index (χ1n) is 5.64. The Morgan fingerprint density at radius 1 is 0.833 bits per heavy atom. The highest BCUT2D eigenvalue weighted by Crippen LogP contribution is 2.39. The van der Waals surface area contributed by atoms with Gasteiger partial charge in [-0.15, -0.1) is 0 Å². The summed E-state index contributed by atoms with van der Waals surface area (Å²) in [5.74, 6) is 0.0250. The number of allylic oxidation sites excluding steroid dienone is 1. The smallest absolute Gasteiger partial charge is 0.202 e. The van der Waals surface area contributed by atoms with Crippen LogP contribution in [0.3, 0.4) is 0 Å². The number of nitrogens with two attached hydrogens (primary N) is 1. The monoisotopic (exact) mass is 253 g/mol. The molecule has 3 rings (SSSR count). The van der Waals surface area contributed by atoms with Crippen LogP contribution in [0.25, 0.3) is 5.70 Å². The number of benzene rings is 2. The number of carbonyl (C=O) groups excluding carboxylic acids is 1. The van der Waals surface area contributed by atoms with Gasteiger partial charge in [-0.2, -0.15) is 0 Å². The lowest BCUT2D eigenvalue weighted by Crippen LogP contribution is -1.96. The van der Waals surface area contributed by atoms with Crippen molar-refractivity contribution in [3.8, 4) is 0 Å². The second-order valence-corrected chi connectivity index (χ2v) is 5.12. The Hall–Kier alpha value is -2.00. The zero-order valence-electron chi connectivity index (χ0n) is 9.59. The van der Waals surface area contributed by atoms with E-state index >= 15 is 0 Å². The standard InChI is InChI=1S/C15H11NOS/c16-13-11-8-4-5-9-12(11)14(17)15(13)18-10-6-2-1-3-7-10/h1-9H,16H2. The van der Waals surface area contributed by atoms with Crippen molar-refractivity contribution in [1.29, 1.82) is 0 Å². The number of fused-ring (bicyclic) bond motifs is 1. The SMILES string of the molecule is NC1=C(Sc2ccccc2)C(=O)c2ccccc21. The molecule has 2 aromatic rings. The van der Waals surface area contributed by atoms with Crippen LogP contribution in [0.5, 0.6) is 0 Å². The van der Waals surface area contributed by atoms with Gasteiger partial charge in [-0.3, -0.25) is 4.79 Å². The van der Waals surface area contributed by atoms with Crippen LogP contribution in [0.4, 0.5) is 0 Å². The summed E-state index contributed by atoms with van der Waals surface area (Å²) in [6.45, 7) is 0. The zero-order chi connectivity index (χ0) is 12.5. The summed E-state index contributed by atoms with van der Waals surface area (Å²) in [5.41, 5.74) is 8.20. The summed E-state index contributed by atoms with van der Waals surface area (Å²) in [6.07, 6.45) is 0. The van der Waals surface area contributed by atoms with Gasteiger partial charge in [-0.25, -0.2) is 0 Å². The van der Waals surface area contributed by atoms with E-state index in [0.29, 0.717) is 16.2 Å². The van der Waals surface area contributed by atoms with Crippen LogP contribution in [-0.4, -0.2) is 5.78 Å². The van der Waals surface area contributed by atoms with Crippen molar-refractivity contribution in [3.05, 3.63) is 70.6 Å². The molecule has 0 saturated carbocycles. The fraction of sp³-hybridized carbons (Fsp3) is 0. The van der Waals surface area contributed by atoms with Crippen molar-refractivity contribution in [2.45, 2.75) is 4.90 Å². The van der Waals surface area contributed by atoms with Crippen LogP contribution in [0.2, 0.25) is 0 Å². The third kappa shape index (κ3) is 1.73. The lowest BCUT2D eigenvalue weighted by molar-refractivity contribution is 0.104. The number of hydrogen-bond acceptors (Lipinski definition) is 3. The first-order chi connectivity index (χ1) is 8.77. The third-order valence-corrected chi connectivity index (χ3v) is 3.99. The van der Waals surface area contributed by atoms with Crippen molar-refractivity contribution < 1.29 is 4.79 Å². The minimum Gasteiger partial charge on any atom is -0.397 e. The molecular formula is C15H11NOS. The van der Waals surface area contributed by atoms with E-state index in [4.69, 9.17) is 5.73 Å².